The molecule has 16 heavy (non-hydrogen) atoms. The number of nitrogens with one attached hydrogen (secondary N) is 1. The number of aromatic nitrogens is 2. The third-order valence-corrected chi connectivity index (χ3v) is 2.54. The van der Waals surface area contributed by atoms with E-state index in [0.717, 1.165) is 24.4 Å². The molecule has 1 atom stereocenters. The summed E-state index contributed by atoms with van der Waals surface area (Å²) >= 11 is 0. The van der Waals surface area contributed by atoms with Gasteiger partial charge in [0.2, 0.25) is 0 Å². The topological polar surface area (TPSA) is 67.2 Å². The standard InChI is InChI=1S/C11H19N3O2/c1-4-9-6-10(14(5-2)13-9)7-12-8(3)11(15)16/h6,8,12H,4-5,7H2,1-3H3,(H,15,16)/t8-/m0/s1. The number of hydrogen-bond donors (Lipinski definition) is 2. The van der Waals surface area contributed by atoms with Gasteiger partial charge in [-0.25, -0.2) is 0 Å². The average molecular weight is 225 g/mol. The molecule has 5 heteroatoms. The Morgan fingerprint density at radius 3 is 2.81 bits per heavy atom. The van der Waals surface area contributed by atoms with E-state index in [1.165, 1.54) is 0 Å². The Balaban J connectivity index is 2.65. The van der Waals surface area contributed by atoms with Crippen LogP contribution in [0, 0.1) is 0 Å². The smallest absolute Gasteiger partial charge is 0.320 e. The first kappa shape index (κ1) is 12.7. The van der Waals surface area contributed by atoms with E-state index in [4.69, 9.17) is 5.11 Å². The molecule has 0 aromatic carbocycles. The van der Waals surface area contributed by atoms with Crippen LogP contribution in [-0.2, 0) is 24.3 Å². The second-order valence-corrected chi connectivity index (χ2v) is 3.74. The maximum absolute atomic E-state index is 10.7. The van der Waals surface area contributed by atoms with Gasteiger partial charge in [-0.2, -0.15) is 5.10 Å². The molecule has 1 heterocycles. The Morgan fingerprint density at radius 1 is 1.62 bits per heavy atom. The second kappa shape index (κ2) is 5.65. The summed E-state index contributed by atoms with van der Waals surface area (Å²) in [7, 11) is 0. The molecule has 0 aliphatic heterocycles. The van der Waals surface area contributed by atoms with E-state index in [0.29, 0.717) is 6.54 Å². The molecule has 0 aliphatic rings. The number of rotatable bonds is 6. The molecule has 90 valence electrons. The fourth-order valence-corrected chi connectivity index (χ4v) is 1.45. The van der Waals surface area contributed by atoms with Gasteiger partial charge in [0.05, 0.1) is 11.4 Å². The number of carbonyl (C=O) groups is 1. The van der Waals surface area contributed by atoms with Crippen LogP contribution in [0.4, 0.5) is 0 Å². The zero-order valence-corrected chi connectivity index (χ0v) is 10.0. The van der Waals surface area contributed by atoms with E-state index >= 15 is 0 Å². The number of hydrogen-bond acceptors (Lipinski definition) is 3. The van der Waals surface area contributed by atoms with E-state index in [-0.39, 0.29) is 0 Å². The highest BCUT2D eigenvalue weighted by atomic mass is 16.4. The summed E-state index contributed by atoms with van der Waals surface area (Å²) in [5.41, 5.74) is 2.08. The summed E-state index contributed by atoms with van der Waals surface area (Å²) in [6.45, 7) is 7.05. The van der Waals surface area contributed by atoms with Crippen LogP contribution < -0.4 is 5.32 Å². The van der Waals surface area contributed by atoms with Crippen molar-refractivity contribution in [2.45, 2.75) is 46.3 Å². The Bertz CT molecular complexity index is 360. The summed E-state index contributed by atoms with van der Waals surface area (Å²) in [4.78, 5) is 10.7. The molecule has 1 aromatic rings. The highest BCUT2D eigenvalue weighted by Crippen LogP contribution is 2.05. The van der Waals surface area contributed by atoms with Gasteiger partial charge in [0.25, 0.3) is 0 Å². The van der Waals surface area contributed by atoms with Gasteiger partial charge in [-0.1, -0.05) is 6.92 Å². The molecule has 0 aliphatic carbocycles. The number of carboxylic acid groups (broad SMARTS) is 1. The molecular weight excluding hydrogens is 206 g/mol. The van der Waals surface area contributed by atoms with Gasteiger partial charge in [0.15, 0.2) is 0 Å². The zero-order chi connectivity index (χ0) is 12.1. The molecule has 0 unspecified atom stereocenters. The van der Waals surface area contributed by atoms with Gasteiger partial charge in [-0.3, -0.25) is 14.8 Å². The van der Waals surface area contributed by atoms with Crippen LogP contribution in [0.5, 0.6) is 0 Å². The fraction of sp³-hybridized carbons (Fsp3) is 0.636. The summed E-state index contributed by atoms with van der Waals surface area (Å²) in [5, 5.41) is 16.1. The van der Waals surface area contributed by atoms with Crippen molar-refractivity contribution < 1.29 is 9.90 Å². The molecule has 5 nitrogen and oxygen atoms in total. The number of aliphatic carboxylic acids is 1. The van der Waals surface area contributed by atoms with Crippen molar-refractivity contribution in [1.29, 1.82) is 0 Å². The lowest BCUT2D eigenvalue weighted by Crippen LogP contribution is -2.33. The highest BCUT2D eigenvalue weighted by Gasteiger charge is 2.11. The van der Waals surface area contributed by atoms with Crippen molar-refractivity contribution >= 4 is 5.97 Å². The first-order valence-corrected chi connectivity index (χ1v) is 5.60. The quantitative estimate of drug-likeness (QED) is 0.758. The third kappa shape index (κ3) is 3.06. The maximum atomic E-state index is 10.7. The Morgan fingerprint density at radius 2 is 2.31 bits per heavy atom. The first-order chi connectivity index (χ1) is 7.58. The molecule has 1 rings (SSSR count). The fourth-order valence-electron chi connectivity index (χ4n) is 1.45. The minimum atomic E-state index is -0.835. The van der Waals surface area contributed by atoms with Gasteiger partial charge >= 0.3 is 5.97 Å². The summed E-state index contributed by atoms with van der Waals surface area (Å²) in [5.74, 6) is -0.835. The van der Waals surface area contributed by atoms with Crippen LogP contribution in [0.15, 0.2) is 6.07 Å². The largest absolute Gasteiger partial charge is 0.480 e. The third-order valence-electron chi connectivity index (χ3n) is 2.54. The minimum absolute atomic E-state index is 0.536. The molecule has 0 spiro atoms. The van der Waals surface area contributed by atoms with E-state index in [2.05, 4.69) is 17.3 Å². The Kier molecular flexibility index (Phi) is 4.49. The van der Waals surface area contributed by atoms with Gasteiger partial charge in [0, 0.05) is 13.1 Å². The predicted molar refractivity (Wildman–Crippen MR) is 61.2 cm³/mol. The molecule has 2 N–H and O–H groups in total. The van der Waals surface area contributed by atoms with E-state index in [1.807, 2.05) is 17.7 Å². The maximum Gasteiger partial charge on any atom is 0.320 e. The summed E-state index contributed by atoms with van der Waals surface area (Å²) in [6, 6.07) is 1.48. The lowest BCUT2D eigenvalue weighted by Gasteiger charge is -2.09. The van der Waals surface area contributed by atoms with Crippen LogP contribution in [0.3, 0.4) is 0 Å². The van der Waals surface area contributed by atoms with E-state index < -0.39 is 12.0 Å². The molecule has 0 saturated carbocycles. The van der Waals surface area contributed by atoms with Crippen LogP contribution in [0.2, 0.25) is 0 Å². The number of carboxylic acids is 1. The summed E-state index contributed by atoms with van der Waals surface area (Å²) < 4.78 is 1.90. The molecule has 0 saturated heterocycles. The van der Waals surface area contributed by atoms with Gasteiger partial charge in [-0.15, -0.1) is 0 Å². The van der Waals surface area contributed by atoms with E-state index in [1.54, 1.807) is 6.92 Å². The summed E-state index contributed by atoms with van der Waals surface area (Å²) in [6.07, 6.45) is 0.897. The molecule has 1 aromatic heterocycles. The SMILES string of the molecule is CCc1cc(CN[C@@H](C)C(=O)O)n(CC)n1. The van der Waals surface area contributed by atoms with Crippen LogP contribution in [0.25, 0.3) is 0 Å². The Hall–Kier alpha value is -1.36. The molecule has 0 fully saturated rings. The van der Waals surface area contributed by atoms with Crippen LogP contribution >= 0.6 is 0 Å². The van der Waals surface area contributed by atoms with Crippen molar-refractivity contribution in [2.24, 2.45) is 0 Å². The lowest BCUT2D eigenvalue weighted by molar-refractivity contribution is -0.139. The normalized spacial score (nSPS) is 12.7. The van der Waals surface area contributed by atoms with Gasteiger partial charge in [-0.05, 0) is 26.3 Å². The van der Waals surface area contributed by atoms with Crippen molar-refractivity contribution in [3.8, 4) is 0 Å². The second-order valence-electron chi connectivity index (χ2n) is 3.74. The number of aryl methyl sites for hydroxylation is 2. The first-order valence-electron chi connectivity index (χ1n) is 5.60. The van der Waals surface area contributed by atoms with Crippen LogP contribution in [-0.4, -0.2) is 26.9 Å². The van der Waals surface area contributed by atoms with Gasteiger partial charge < -0.3 is 5.11 Å². The predicted octanol–water partition coefficient (Wildman–Crippen LogP) is 1.03. The molecule has 0 radical (unpaired) electrons. The van der Waals surface area contributed by atoms with E-state index in [9.17, 15) is 4.79 Å². The lowest BCUT2D eigenvalue weighted by atomic mass is 10.3. The minimum Gasteiger partial charge on any atom is -0.480 e. The Labute approximate surface area is 95.5 Å². The molecule has 0 bridgehead atoms. The van der Waals surface area contributed by atoms with Crippen LogP contribution in [0.1, 0.15) is 32.2 Å². The number of nitrogens with zero attached hydrogens (tertiary/aromatic N) is 2. The molecular formula is C11H19N3O2. The average Bonchev–Trinajstić information content (AvgIpc) is 2.68. The zero-order valence-electron chi connectivity index (χ0n) is 10.0. The monoisotopic (exact) mass is 225 g/mol. The highest BCUT2D eigenvalue weighted by molar-refractivity contribution is 5.72. The van der Waals surface area contributed by atoms with Crippen molar-refractivity contribution in [2.75, 3.05) is 0 Å². The van der Waals surface area contributed by atoms with Crippen molar-refractivity contribution in [1.82, 2.24) is 15.1 Å². The van der Waals surface area contributed by atoms with Crippen molar-refractivity contribution in [3.05, 3.63) is 17.5 Å². The van der Waals surface area contributed by atoms with Gasteiger partial charge in [0.1, 0.15) is 6.04 Å². The van der Waals surface area contributed by atoms with Crippen molar-refractivity contribution in [3.63, 3.8) is 0 Å². The molecule has 0 amide bonds.